The molecule has 1 fully saturated rings. The van der Waals surface area contributed by atoms with Crippen molar-refractivity contribution in [1.82, 2.24) is 4.98 Å². The van der Waals surface area contributed by atoms with Crippen LogP contribution in [0.5, 0.6) is 0 Å². The lowest BCUT2D eigenvalue weighted by Crippen LogP contribution is -2.35. The van der Waals surface area contributed by atoms with Crippen LogP contribution in [0.4, 0.5) is 5.82 Å². The molecule has 108 valence electrons. The van der Waals surface area contributed by atoms with Gasteiger partial charge in [0, 0.05) is 11.4 Å². The van der Waals surface area contributed by atoms with E-state index < -0.39 is 9.84 Å². The van der Waals surface area contributed by atoms with E-state index in [0.29, 0.717) is 17.8 Å². The van der Waals surface area contributed by atoms with Crippen molar-refractivity contribution in [2.24, 2.45) is 0 Å². The van der Waals surface area contributed by atoms with E-state index in [9.17, 15) is 13.7 Å². The van der Waals surface area contributed by atoms with Gasteiger partial charge in [-0.25, -0.2) is 13.4 Å². The number of hydrogen-bond donors (Lipinski definition) is 1. The maximum atomic E-state index is 11.7. The molecule has 0 amide bonds. The lowest BCUT2D eigenvalue weighted by molar-refractivity contribution is 0.561. The quantitative estimate of drug-likeness (QED) is 0.918. The van der Waals surface area contributed by atoms with Gasteiger partial charge in [-0.2, -0.15) is 5.26 Å². The highest BCUT2D eigenvalue weighted by atomic mass is 32.2. The van der Waals surface area contributed by atoms with Crippen LogP contribution in [0.1, 0.15) is 18.4 Å². The van der Waals surface area contributed by atoms with Gasteiger partial charge in [-0.15, -0.1) is 0 Å². The fourth-order valence-corrected chi connectivity index (χ4v) is 4.32. The number of nitrogens with one attached hydrogen (secondary N) is 1. The standard InChI is InChI=1S/C15H15N3O2S/c16-9-11-8-15(18-14-6-2-1-5-13(11)14)17-12-4-3-7-21(19,20)10-12/h1-2,5-6,8,12H,3-4,7,10H2,(H,17,18). The molecule has 1 aliphatic heterocycles. The molecular weight excluding hydrogens is 286 g/mol. The van der Waals surface area contributed by atoms with Gasteiger partial charge in [0.15, 0.2) is 9.84 Å². The molecule has 1 aromatic heterocycles. The Balaban J connectivity index is 1.93. The van der Waals surface area contributed by atoms with Gasteiger partial charge in [-0.05, 0) is 25.0 Å². The molecular formula is C15H15N3O2S. The number of fused-ring (bicyclic) bond motifs is 1. The van der Waals surface area contributed by atoms with Gasteiger partial charge >= 0.3 is 0 Å². The maximum Gasteiger partial charge on any atom is 0.152 e. The number of benzene rings is 1. The molecule has 6 heteroatoms. The van der Waals surface area contributed by atoms with E-state index in [1.54, 1.807) is 6.07 Å². The molecule has 5 nitrogen and oxygen atoms in total. The Morgan fingerprint density at radius 3 is 2.90 bits per heavy atom. The molecule has 1 N–H and O–H groups in total. The molecule has 1 unspecified atom stereocenters. The van der Waals surface area contributed by atoms with Crippen molar-refractivity contribution in [3.05, 3.63) is 35.9 Å². The van der Waals surface area contributed by atoms with Crippen LogP contribution >= 0.6 is 0 Å². The summed E-state index contributed by atoms with van der Waals surface area (Å²) in [4.78, 5) is 4.47. The lowest BCUT2D eigenvalue weighted by atomic mass is 10.1. The number of sulfone groups is 1. The van der Waals surface area contributed by atoms with Crippen LogP contribution in [-0.4, -0.2) is 30.9 Å². The number of anilines is 1. The van der Waals surface area contributed by atoms with Crippen LogP contribution in [0, 0.1) is 11.3 Å². The minimum absolute atomic E-state index is 0.128. The van der Waals surface area contributed by atoms with E-state index >= 15 is 0 Å². The molecule has 0 radical (unpaired) electrons. The molecule has 2 aromatic rings. The van der Waals surface area contributed by atoms with E-state index in [1.807, 2.05) is 24.3 Å². The first-order valence-electron chi connectivity index (χ1n) is 6.84. The fraction of sp³-hybridized carbons (Fsp3) is 0.333. The Hall–Kier alpha value is -2.13. The Labute approximate surface area is 123 Å². The summed E-state index contributed by atoms with van der Waals surface area (Å²) in [6.45, 7) is 0. The molecule has 1 saturated heterocycles. The molecule has 1 atom stereocenters. The Bertz CT molecular complexity index is 824. The van der Waals surface area contributed by atoms with Crippen molar-refractivity contribution in [3.63, 3.8) is 0 Å². The minimum atomic E-state index is -2.97. The van der Waals surface area contributed by atoms with Crippen LogP contribution in [0.15, 0.2) is 30.3 Å². The third-order valence-corrected chi connectivity index (χ3v) is 5.47. The van der Waals surface area contributed by atoms with Crippen LogP contribution in [0.25, 0.3) is 10.9 Å². The minimum Gasteiger partial charge on any atom is -0.366 e. The first kappa shape index (κ1) is 13.8. The summed E-state index contributed by atoms with van der Waals surface area (Å²) in [5.74, 6) is 0.954. The van der Waals surface area contributed by atoms with Crippen LogP contribution in [-0.2, 0) is 9.84 Å². The van der Waals surface area contributed by atoms with Gasteiger partial charge in [0.1, 0.15) is 5.82 Å². The number of rotatable bonds is 2. The number of hydrogen-bond acceptors (Lipinski definition) is 5. The topological polar surface area (TPSA) is 82.9 Å². The van der Waals surface area contributed by atoms with Gasteiger partial charge in [0.25, 0.3) is 0 Å². The SMILES string of the molecule is N#Cc1cc(NC2CCCS(=O)(=O)C2)nc2ccccc12. The number of nitriles is 1. The first-order valence-corrected chi connectivity index (χ1v) is 8.66. The normalized spacial score (nSPS) is 20.8. The summed E-state index contributed by atoms with van der Waals surface area (Å²) in [6.07, 6.45) is 1.47. The predicted molar refractivity (Wildman–Crippen MR) is 81.8 cm³/mol. The molecule has 1 aromatic carbocycles. The zero-order chi connectivity index (χ0) is 14.9. The molecule has 21 heavy (non-hydrogen) atoms. The number of para-hydroxylation sites is 1. The summed E-state index contributed by atoms with van der Waals surface area (Å²) in [5.41, 5.74) is 1.28. The summed E-state index contributed by atoms with van der Waals surface area (Å²) in [5, 5.41) is 13.2. The average Bonchev–Trinajstić information content (AvgIpc) is 2.45. The maximum absolute atomic E-state index is 11.7. The number of nitrogens with zero attached hydrogens (tertiary/aromatic N) is 2. The predicted octanol–water partition coefficient (Wildman–Crippen LogP) is 2.10. The van der Waals surface area contributed by atoms with Gasteiger partial charge in [-0.3, -0.25) is 0 Å². The number of pyridine rings is 1. The van der Waals surface area contributed by atoms with Crippen LogP contribution in [0.3, 0.4) is 0 Å². The molecule has 1 aliphatic rings. The van der Waals surface area contributed by atoms with Crippen LogP contribution < -0.4 is 5.32 Å². The van der Waals surface area contributed by atoms with Crippen molar-refractivity contribution in [3.8, 4) is 6.07 Å². The van der Waals surface area contributed by atoms with E-state index in [-0.39, 0.29) is 17.5 Å². The van der Waals surface area contributed by atoms with Crippen molar-refractivity contribution in [1.29, 1.82) is 5.26 Å². The highest BCUT2D eigenvalue weighted by molar-refractivity contribution is 7.91. The molecule has 0 spiro atoms. The fourth-order valence-electron chi connectivity index (χ4n) is 2.69. The van der Waals surface area contributed by atoms with Gasteiger partial charge in [0.05, 0.1) is 28.7 Å². The van der Waals surface area contributed by atoms with Crippen molar-refractivity contribution >= 4 is 26.6 Å². The average molecular weight is 301 g/mol. The summed E-state index contributed by atoms with van der Waals surface area (Å²) in [6, 6.07) is 11.2. The van der Waals surface area contributed by atoms with Gasteiger partial charge in [-0.1, -0.05) is 18.2 Å². The molecule has 2 heterocycles. The molecule has 0 saturated carbocycles. The highest BCUT2D eigenvalue weighted by Crippen LogP contribution is 2.22. The van der Waals surface area contributed by atoms with Crippen molar-refractivity contribution in [2.45, 2.75) is 18.9 Å². The summed E-state index contributed by atoms with van der Waals surface area (Å²) >= 11 is 0. The Kier molecular flexibility index (Phi) is 3.52. The largest absolute Gasteiger partial charge is 0.366 e. The molecule has 3 rings (SSSR count). The lowest BCUT2D eigenvalue weighted by Gasteiger charge is -2.23. The van der Waals surface area contributed by atoms with Crippen molar-refractivity contribution < 1.29 is 8.42 Å². The zero-order valence-electron chi connectivity index (χ0n) is 11.4. The summed E-state index contributed by atoms with van der Waals surface area (Å²) < 4.78 is 23.3. The van der Waals surface area contributed by atoms with E-state index in [1.165, 1.54) is 0 Å². The third kappa shape index (κ3) is 2.98. The van der Waals surface area contributed by atoms with E-state index in [4.69, 9.17) is 0 Å². The van der Waals surface area contributed by atoms with Gasteiger partial charge in [0.2, 0.25) is 0 Å². The van der Waals surface area contributed by atoms with Crippen molar-refractivity contribution in [2.75, 3.05) is 16.8 Å². The second kappa shape index (κ2) is 5.34. The van der Waals surface area contributed by atoms with E-state index in [2.05, 4.69) is 16.4 Å². The Morgan fingerprint density at radius 2 is 2.14 bits per heavy atom. The zero-order valence-corrected chi connectivity index (χ0v) is 12.2. The molecule has 0 aliphatic carbocycles. The Morgan fingerprint density at radius 1 is 1.33 bits per heavy atom. The smallest absolute Gasteiger partial charge is 0.152 e. The number of aromatic nitrogens is 1. The third-order valence-electron chi connectivity index (χ3n) is 3.65. The van der Waals surface area contributed by atoms with Crippen LogP contribution in [0.2, 0.25) is 0 Å². The van der Waals surface area contributed by atoms with E-state index in [0.717, 1.165) is 17.3 Å². The first-order chi connectivity index (χ1) is 10.1. The van der Waals surface area contributed by atoms with Gasteiger partial charge < -0.3 is 5.32 Å². The highest BCUT2D eigenvalue weighted by Gasteiger charge is 2.25. The second-order valence-electron chi connectivity index (χ2n) is 5.28. The molecule has 0 bridgehead atoms. The monoisotopic (exact) mass is 301 g/mol. The second-order valence-corrected chi connectivity index (χ2v) is 7.51. The summed E-state index contributed by atoms with van der Waals surface area (Å²) in [7, 11) is -2.97.